The molecule has 0 radical (unpaired) electrons. The fourth-order valence-electron chi connectivity index (χ4n) is 5.20. The average molecular weight is 502 g/mol. The Morgan fingerprint density at radius 3 is 1.10 bits per heavy atom. The molecule has 188 valence electrons. The number of rotatable bonds is 6. The van der Waals surface area contributed by atoms with E-state index in [9.17, 15) is 0 Å². The molecule has 0 unspecified atom stereocenters. The van der Waals surface area contributed by atoms with Crippen LogP contribution in [0.1, 0.15) is 11.1 Å². The van der Waals surface area contributed by atoms with Crippen molar-refractivity contribution in [2.24, 2.45) is 0 Å². The molecule has 0 aliphatic carbocycles. The summed E-state index contributed by atoms with van der Waals surface area (Å²) in [5.74, 6) is 0. The van der Waals surface area contributed by atoms with Crippen molar-refractivity contribution in [1.82, 2.24) is 0 Å². The zero-order chi connectivity index (χ0) is 26.6. The van der Waals surface area contributed by atoms with E-state index in [4.69, 9.17) is 0 Å². The van der Waals surface area contributed by atoms with Crippen LogP contribution in [-0.4, -0.2) is 0 Å². The van der Waals surface area contributed by atoms with E-state index in [-0.39, 0.29) is 0 Å². The summed E-state index contributed by atoms with van der Waals surface area (Å²) in [6.45, 7) is 4.27. The van der Waals surface area contributed by atoms with Crippen molar-refractivity contribution in [1.29, 1.82) is 0 Å². The van der Waals surface area contributed by atoms with E-state index in [0.717, 1.165) is 17.1 Å². The summed E-state index contributed by atoms with van der Waals surface area (Å²) in [5, 5.41) is 0. The lowest BCUT2D eigenvalue weighted by Gasteiger charge is -2.28. The van der Waals surface area contributed by atoms with Crippen LogP contribution < -0.4 is 4.90 Å². The van der Waals surface area contributed by atoms with Crippen LogP contribution in [0.3, 0.4) is 0 Å². The highest BCUT2D eigenvalue weighted by molar-refractivity contribution is 5.98. The number of hydrogen-bond donors (Lipinski definition) is 0. The van der Waals surface area contributed by atoms with Crippen molar-refractivity contribution in [3.63, 3.8) is 0 Å². The van der Waals surface area contributed by atoms with Crippen molar-refractivity contribution in [2.45, 2.75) is 13.8 Å². The van der Waals surface area contributed by atoms with Gasteiger partial charge in [-0.05, 0) is 83.6 Å². The zero-order valence-corrected chi connectivity index (χ0v) is 22.4. The molecule has 6 aromatic carbocycles. The smallest absolute Gasteiger partial charge is 0.0474 e. The van der Waals surface area contributed by atoms with E-state index >= 15 is 0 Å². The monoisotopic (exact) mass is 501 g/mol. The van der Waals surface area contributed by atoms with Gasteiger partial charge in [-0.3, -0.25) is 0 Å². The van der Waals surface area contributed by atoms with Crippen LogP contribution in [-0.2, 0) is 0 Å². The van der Waals surface area contributed by atoms with E-state index in [1.54, 1.807) is 0 Å². The van der Waals surface area contributed by atoms with Gasteiger partial charge >= 0.3 is 0 Å². The topological polar surface area (TPSA) is 3.24 Å². The summed E-state index contributed by atoms with van der Waals surface area (Å²) in [6.07, 6.45) is 0. The van der Waals surface area contributed by atoms with Gasteiger partial charge in [0, 0.05) is 17.1 Å². The normalized spacial score (nSPS) is 10.8. The minimum atomic E-state index is 1.13. The SMILES string of the molecule is Cc1ccc(N(c2ccc(C)cc2)c2cc(-c3ccccc3)c(-c3ccccc3)c(-c3ccccc3)c2)cc1. The van der Waals surface area contributed by atoms with Gasteiger partial charge in [0.2, 0.25) is 0 Å². The number of nitrogens with zero attached hydrogens (tertiary/aromatic N) is 1. The first-order chi connectivity index (χ1) is 19.2. The van der Waals surface area contributed by atoms with Crippen molar-refractivity contribution >= 4 is 17.1 Å². The Morgan fingerprint density at radius 2 is 0.718 bits per heavy atom. The van der Waals surface area contributed by atoms with Crippen LogP contribution in [0.4, 0.5) is 17.1 Å². The fraction of sp³-hybridized carbons (Fsp3) is 0.0526. The van der Waals surface area contributed by atoms with E-state index < -0.39 is 0 Å². The molecule has 0 spiro atoms. The van der Waals surface area contributed by atoms with Crippen LogP contribution in [0, 0.1) is 13.8 Å². The molecule has 0 saturated heterocycles. The fourth-order valence-corrected chi connectivity index (χ4v) is 5.20. The lowest BCUT2D eigenvalue weighted by atomic mass is 9.86. The van der Waals surface area contributed by atoms with Gasteiger partial charge in [-0.2, -0.15) is 0 Å². The van der Waals surface area contributed by atoms with Gasteiger partial charge in [0.25, 0.3) is 0 Å². The molecule has 1 nitrogen and oxygen atoms in total. The Hall–Kier alpha value is -4.88. The highest BCUT2D eigenvalue weighted by Gasteiger charge is 2.20. The second-order valence-corrected chi connectivity index (χ2v) is 10.0. The molecule has 0 atom stereocenters. The van der Waals surface area contributed by atoms with Gasteiger partial charge in [-0.25, -0.2) is 0 Å². The van der Waals surface area contributed by atoms with Crippen LogP contribution in [0.5, 0.6) is 0 Å². The van der Waals surface area contributed by atoms with E-state index in [2.05, 4.69) is 170 Å². The Labute approximate surface area is 231 Å². The van der Waals surface area contributed by atoms with Crippen molar-refractivity contribution in [3.05, 3.63) is 163 Å². The molecular formula is C38H31N. The third-order valence-corrected chi connectivity index (χ3v) is 7.20. The lowest BCUT2D eigenvalue weighted by molar-refractivity contribution is 1.27. The van der Waals surface area contributed by atoms with E-state index in [1.165, 1.54) is 44.5 Å². The van der Waals surface area contributed by atoms with Gasteiger partial charge in [0.15, 0.2) is 0 Å². The quantitative estimate of drug-likeness (QED) is 0.219. The highest BCUT2D eigenvalue weighted by atomic mass is 15.1. The summed E-state index contributed by atoms with van der Waals surface area (Å²) in [4.78, 5) is 2.37. The Balaban J connectivity index is 1.69. The molecule has 0 aliphatic rings. The Bertz CT molecular complexity index is 1560. The Morgan fingerprint density at radius 1 is 0.359 bits per heavy atom. The molecule has 39 heavy (non-hydrogen) atoms. The lowest BCUT2D eigenvalue weighted by Crippen LogP contribution is -2.11. The van der Waals surface area contributed by atoms with Crippen LogP contribution in [0.15, 0.2) is 152 Å². The minimum absolute atomic E-state index is 1.13. The van der Waals surface area contributed by atoms with Gasteiger partial charge in [0.1, 0.15) is 0 Å². The second kappa shape index (κ2) is 10.8. The molecule has 0 aromatic heterocycles. The second-order valence-electron chi connectivity index (χ2n) is 10.0. The standard InChI is InChI=1S/C38H31N/c1-28-18-22-33(23-19-28)39(34-24-20-29(2)21-25-34)35-26-36(30-12-6-3-7-13-30)38(32-16-10-5-11-17-32)37(27-35)31-14-8-4-9-15-31/h3-27H,1-2H3. The zero-order valence-electron chi connectivity index (χ0n) is 22.4. The van der Waals surface area contributed by atoms with Gasteiger partial charge in [-0.15, -0.1) is 0 Å². The van der Waals surface area contributed by atoms with Crippen LogP contribution in [0.2, 0.25) is 0 Å². The number of hydrogen-bond acceptors (Lipinski definition) is 1. The third-order valence-electron chi connectivity index (χ3n) is 7.20. The van der Waals surface area contributed by atoms with Crippen LogP contribution in [0.25, 0.3) is 33.4 Å². The maximum atomic E-state index is 2.37. The summed E-state index contributed by atoms with van der Waals surface area (Å²) >= 11 is 0. The van der Waals surface area contributed by atoms with E-state index in [0.29, 0.717) is 0 Å². The van der Waals surface area contributed by atoms with Gasteiger partial charge in [0.05, 0.1) is 0 Å². The van der Waals surface area contributed by atoms with E-state index in [1.807, 2.05) is 0 Å². The summed E-state index contributed by atoms with van der Waals surface area (Å²) in [6, 6.07) is 54.5. The largest absolute Gasteiger partial charge is 0.310 e. The average Bonchev–Trinajstić information content (AvgIpc) is 3.00. The number of anilines is 3. The van der Waals surface area contributed by atoms with Crippen LogP contribution >= 0.6 is 0 Å². The van der Waals surface area contributed by atoms with Crippen molar-refractivity contribution < 1.29 is 0 Å². The molecule has 6 aromatic rings. The molecule has 0 heterocycles. The molecular weight excluding hydrogens is 470 g/mol. The molecule has 0 aliphatic heterocycles. The highest BCUT2D eigenvalue weighted by Crippen LogP contribution is 2.46. The molecule has 0 amide bonds. The third kappa shape index (κ3) is 5.12. The molecule has 0 bridgehead atoms. The molecule has 0 saturated carbocycles. The van der Waals surface area contributed by atoms with Gasteiger partial charge in [-0.1, -0.05) is 126 Å². The summed E-state index contributed by atoms with van der Waals surface area (Å²) < 4.78 is 0. The number of benzene rings is 6. The van der Waals surface area contributed by atoms with Gasteiger partial charge < -0.3 is 4.90 Å². The Kier molecular flexibility index (Phi) is 6.80. The first kappa shape index (κ1) is 24.5. The molecule has 6 rings (SSSR count). The molecule has 1 heteroatoms. The molecule has 0 fully saturated rings. The maximum absolute atomic E-state index is 2.37. The van der Waals surface area contributed by atoms with Crippen molar-refractivity contribution in [3.8, 4) is 33.4 Å². The maximum Gasteiger partial charge on any atom is 0.0474 e. The summed E-state index contributed by atoms with van der Waals surface area (Å²) in [7, 11) is 0. The predicted octanol–water partition coefficient (Wildman–Crippen LogP) is 10.8. The predicted molar refractivity (Wildman–Crippen MR) is 167 cm³/mol. The molecule has 0 N–H and O–H groups in total. The first-order valence-electron chi connectivity index (χ1n) is 13.5. The summed E-state index contributed by atoms with van der Waals surface area (Å²) in [5.41, 5.74) is 13.2. The minimum Gasteiger partial charge on any atom is -0.310 e. The number of aryl methyl sites for hydroxylation is 2. The van der Waals surface area contributed by atoms with Crippen molar-refractivity contribution in [2.75, 3.05) is 4.90 Å². The first-order valence-corrected chi connectivity index (χ1v) is 13.5.